The number of rotatable bonds is 2. The fourth-order valence-corrected chi connectivity index (χ4v) is 5.85. The van der Waals surface area contributed by atoms with Gasteiger partial charge in [0.25, 0.3) is 0 Å². The fourth-order valence-electron chi connectivity index (χ4n) is 5.85. The lowest BCUT2D eigenvalue weighted by Crippen LogP contribution is -2.43. The lowest BCUT2D eigenvalue weighted by Gasteiger charge is -2.48. The van der Waals surface area contributed by atoms with Crippen molar-refractivity contribution in [3.8, 4) is 5.75 Å². The Morgan fingerprint density at radius 3 is 2.33 bits per heavy atom. The maximum atomic E-state index is 12.9. The van der Waals surface area contributed by atoms with Crippen LogP contribution in [-0.2, 0) is 25.5 Å². The van der Waals surface area contributed by atoms with E-state index in [0.717, 1.165) is 11.1 Å². The third-order valence-electron chi connectivity index (χ3n) is 7.33. The minimum absolute atomic E-state index is 0.00886. The number of halogens is 6. The quantitative estimate of drug-likeness (QED) is 0.351. The zero-order valence-corrected chi connectivity index (χ0v) is 17.4. The maximum absolute atomic E-state index is 12.9. The van der Waals surface area contributed by atoms with Crippen LogP contribution in [0.2, 0.25) is 0 Å². The predicted octanol–water partition coefficient (Wildman–Crippen LogP) is 4.66. The highest BCUT2D eigenvalue weighted by molar-refractivity contribution is 5.93. The Morgan fingerprint density at radius 2 is 1.70 bits per heavy atom. The average Bonchev–Trinajstić information content (AvgIpc) is 2.97. The summed E-state index contributed by atoms with van der Waals surface area (Å²) in [6, 6.07) is 4.29. The molecule has 0 spiro atoms. The van der Waals surface area contributed by atoms with Crippen LogP contribution < -0.4 is 4.74 Å². The number of Topliss-reactive ketones (excluding diaryl/α,β-unsaturated/α-hetero) is 1. The Kier molecular flexibility index (Phi) is 5.52. The second-order valence-electron chi connectivity index (χ2n) is 9.11. The second kappa shape index (κ2) is 7.73. The first kappa shape index (κ1) is 23.6. The summed E-state index contributed by atoms with van der Waals surface area (Å²) < 4.78 is 84.2. The number of hydrogen-bond acceptors (Lipinski definition) is 5. The van der Waals surface area contributed by atoms with Crippen molar-refractivity contribution in [2.75, 3.05) is 0 Å². The molecule has 0 N–H and O–H groups in total. The van der Waals surface area contributed by atoms with Crippen molar-refractivity contribution in [1.82, 2.24) is 0 Å². The Labute approximate surface area is 184 Å². The highest BCUT2D eigenvalue weighted by Gasteiger charge is 2.60. The van der Waals surface area contributed by atoms with Gasteiger partial charge in [0.1, 0.15) is 5.75 Å². The molecular weight excluding hydrogens is 458 g/mol. The summed E-state index contributed by atoms with van der Waals surface area (Å²) >= 11 is 0. The molecule has 5 atom stereocenters. The number of ketones is 1. The highest BCUT2D eigenvalue weighted by atomic mass is 19.4. The van der Waals surface area contributed by atoms with E-state index in [1.165, 1.54) is 12.1 Å². The molecule has 1 aromatic carbocycles. The monoisotopic (exact) mass is 478 g/mol. The van der Waals surface area contributed by atoms with E-state index in [-0.39, 0.29) is 29.9 Å². The molecule has 0 saturated heterocycles. The third kappa shape index (κ3) is 4.10. The summed E-state index contributed by atoms with van der Waals surface area (Å²) in [5.41, 5.74) is 0.692. The molecule has 3 aliphatic rings. The van der Waals surface area contributed by atoms with Crippen molar-refractivity contribution >= 4 is 17.7 Å². The van der Waals surface area contributed by atoms with E-state index in [9.17, 15) is 40.7 Å². The normalized spacial score (nSPS) is 31.3. The molecule has 0 bridgehead atoms. The number of carbonyl (C=O) groups excluding carboxylic acids is 3. The van der Waals surface area contributed by atoms with E-state index >= 15 is 0 Å². The molecule has 2 saturated carbocycles. The number of carbonyl (C=O) groups is 3. The lowest BCUT2D eigenvalue weighted by atomic mass is 9.55. The van der Waals surface area contributed by atoms with Gasteiger partial charge in [0.05, 0.1) is 0 Å². The van der Waals surface area contributed by atoms with Gasteiger partial charge in [-0.05, 0) is 73.1 Å². The third-order valence-corrected chi connectivity index (χ3v) is 7.33. The van der Waals surface area contributed by atoms with Crippen LogP contribution in [0.4, 0.5) is 26.3 Å². The van der Waals surface area contributed by atoms with Crippen LogP contribution in [0.25, 0.3) is 0 Å². The Bertz CT molecular complexity index is 1000. The molecule has 33 heavy (non-hydrogen) atoms. The van der Waals surface area contributed by atoms with Gasteiger partial charge in [-0.15, -0.1) is 0 Å². The van der Waals surface area contributed by atoms with Gasteiger partial charge >= 0.3 is 24.3 Å². The molecule has 1 aromatic rings. The molecule has 180 valence electrons. The summed E-state index contributed by atoms with van der Waals surface area (Å²) in [7, 11) is 0. The van der Waals surface area contributed by atoms with Gasteiger partial charge in [-0.2, -0.15) is 26.3 Å². The molecule has 0 unspecified atom stereocenters. The zero-order chi connectivity index (χ0) is 24.3. The highest BCUT2D eigenvalue weighted by Crippen LogP contribution is 2.60. The first-order valence-corrected chi connectivity index (χ1v) is 10.5. The van der Waals surface area contributed by atoms with E-state index in [0.29, 0.717) is 25.7 Å². The number of esters is 2. The summed E-state index contributed by atoms with van der Waals surface area (Å²) in [6.45, 7) is 1.70. The Morgan fingerprint density at radius 1 is 1.03 bits per heavy atom. The average molecular weight is 478 g/mol. The molecule has 0 heterocycles. The predicted molar refractivity (Wildman–Crippen MR) is 99.1 cm³/mol. The van der Waals surface area contributed by atoms with Crippen molar-refractivity contribution in [3.63, 3.8) is 0 Å². The molecule has 3 aliphatic carbocycles. The summed E-state index contributed by atoms with van der Waals surface area (Å²) in [6.07, 6.45) is -9.79. The van der Waals surface area contributed by atoms with Crippen LogP contribution in [0.5, 0.6) is 5.75 Å². The molecule has 2 fully saturated rings. The topological polar surface area (TPSA) is 69.7 Å². The van der Waals surface area contributed by atoms with E-state index in [4.69, 9.17) is 0 Å². The van der Waals surface area contributed by atoms with Crippen molar-refractivity contribution in [1.29, 1.82) is 0 Å². The van der Waals surface area contributed by atoms with Crippen LogP contribution in [0.1, 0.15) is 49.7 Å². The lowest BCUT2D eigenvalue weighted by molar-refractivity contribution is -0.204. The molecule has 0 amide bonds. The number of ether oxygens (including phenoxy) is 2. The van der Waals surface area contributed by atoms with Crippen LogP contribution in [0.3, 0.4) is 0 Å². The van der Waals surface area contributed by atoms with E-state index in [2.05, 4.69) is 9.47 Å². The van der Waals surface area contributed by atoms with Gasteiger partial charge in [-0.25, -0.2) is 9.59 Å². The van der Waals surface area contributed by atoms with Crippen LogP contribution >= 0.6 is 0 Å². The van der Waals surface area contributed by atoms with Crippen molar-refractivity contribution in [3.05, 3.63) is 29.3 Å². The Balaban J connectivity index is 1.54. The van der Waals surface area contributed by atoms with Gasteiger partial charge in [-0.1, -0.05) is 13.0 Å². The van der Waals surface area contributed by atoms with Crippen LogP contribution in [0.15, 0.2) is 18.2 Å². The molecule has 0 aliphatic heterocycles. The molecule has 0 radical (unpaired) electrons. The SMILES string of the molecule is C[C@]12CC[C@@H]3c4ccc(OC(=O)C(F)(F)F)cc4CC[C@H]3[C@@H]1C[C@@H](OC(=O)C(F)(F)F)C2=O. The number of benzene rings is 1. The van der Waals surface area contributed by atoms with Gasteiger partial charge < -0.3 is 9.47 Å². The van der Waals surface area contributed by atoms with Gasteiger partial charge in [0.15, 0.2) is 11.9 Å². The molecule has 0 aromatic heterocycles. The second-order valence-corrected chi connectivity index (χ2v) is 9.11. The molecule has 11 heteroatoms. The van der Waals surface area contributed by atoms with E-state index < -0.39 is 41.6 Å². The van der Waals surface area contributed by atoms with E-state index in [1.54, 1.807) is 13.0 Å². The minimum Gasteiger partial charge on any atom is -0.448 e. The van der Waals surface area contributed by atoms with Crippen LogP contribution in [-0.4, -0.2) is 36.2 Å². The van der Waals surface area contributed by atoms with Crippen LogP contribution in [0, 0.1) is 17.3 Å². The zero-order valence-electron chi connectivity index (χ0n) is 17.4. The number of aryl methyl sites for hydroxylation is 1. The first-order valence-electron chi connectivity index (χ1n) is 10.5. The fraction of sp³-hybridized carbons (Fsp3) is 0.591. The minimum atomic E-state index is -5.19. The van der Waals surface area contributed by atoms with Crippen molar-refractivity contribution in [2.24, 2.45) is 17.3 Å². The maximum Gasteiger partial charge on any atom is 0.491 e. The summed E-state index contributed by atoms with van der Waals surface area (Å²) in [5, 5.41) is 0. The standard InChI is InChI=1S/C22H20F6O5/c1-20-7-6-13-12-5-3-11(32-18(30)21(23,24)25)8-10(12)2-4-14(13)15(20)9-16(17(20)29)33-19(31)22(26,27)28/h3,5,8,13-16H,2,4,6-7,9H2,1H3/t13-,14-,15+,16-,20+/m1/s1. The van der Waals surface area contributed by atoms with Gasteiger partial charge in [0.2, 0.25) is 0 Å². The Hall–Kier alpha value is -2.59. The summed E-state index contributed by atoms with van der Waals surface area (Å²) in [4.78, 5) is 35.3. The molecule has 4 rings (SSSR count). The number of fused-ring (bicyclic) bond motifs is 5. The van der Waals surface area contributed by atoms with E-state index in [1.807, 2.05) is 0 Å². The molecular formula is C22H20F6O5. The van der Waals surface area contributed by atoms with Gasteiger partial charge in [0, 0.05) is 5.41 Å². The molecule has 5 nitrogen and oxygen atoms in total. The first-order chi connectivity index (χ1) is 15.2. The summed E-state index contributed by atoms with van der Waals surface area (Å²) in [5.74, 6) is -5.80. The largest absolute Gasteiger partial charge is 0.491 e. The number of alkyl halides is 6. The van der Waals surface area contributed by atoms with Crippen molar-refractivity contribution in [2.45, 2.75) is 63.4 Å². The van der Waals surface area contributed by atoms with Gasteiger partial charge in [-0.3, -0.25) is 4.79 Å². The van der Waals surface area contributed by atoms with Crippen molar-refractivity contribution < 1.29 is 50.2 Å². The smallest absolute Gasteiger partial charge is 0.448 e. The number of hydrogen-bond donors (Lipinski definition) is 0.